The van der Waals surface area contributed by atoms with Crippen LogP contribution in [0.15, 0.2) is 18.3 Å². The Morgan fingerprint density at radius 1 is 1.42 bits per heavy atom. The maximum absolute atomic E-state index is 11.5. The molecular weight excluding hydrogens is 272 g/mol. The Hall–Kier alpha value is -1.83. The van der Waals surface area contributed by atoms with Crippen LogP contribution in [-0.2, 0) is 21.2 Å². The summed E-state index contributed by atoms with van der Waals surface area (Å²) in [6, 6.07) is 2.94. The van der Waals surface area contributed by atoms with Gasteiger partial charge in [-0.2, -0.15) is 0 Å². The van der Waals surface area contributed by atoms with Crippen molar-refractivity contribution in [3.05, 3.63) is 24.0 Å². The van der Waals surface area contributed by atoms with E-state index in [9.17, 15) is 18.0 Å². The van der Waals surface area contributed by atoms with Crippen molar-refractivity contribution in [2.75, 3.05) is 18.6 Å². The minimum atomic E-state index is -3.02. The van der Waals surface area contributed by atoms with Crippen molar-refractivity contribution in [3.63, 3.8) is 0 Å². The van der Waals surface area contributed by atoms with Gasteiger partial charge in [-0.15, -0.1) is 0 Å². The van der Waals surface area contributed by atoms with Crippen molar-refractivity contribution >= 4 is 21.7 Å². The van der Waals surface area contributed by atoms with Gasteiger partial charge in [0.15, 0.2) is 0 Å². The Kier molecular flexibility index (Phi) is 5.11. The number of aromatic nitrogens is 1. The number of carbonyl (C=O) groups is 2. The fourth-order valence-corrected chi connectivity index (χ4v) is 2.19. The summed E-state index contributed by atoms with van der Waals surface area (Å²) in [6.07, 6.45) is 2.97. The molecule has 7 nitrogen and oxygen atoms in total. The molecule has 0 spiro atoms. The molecule has 8 heteroatoms. The highest BCUT2D eigenvalue weighted by atomic mass is 32.2. The second kappa shape index (κ2) is 6.37. The third-order valence-electron chi connectivity index (χ3n) is 2.38. The lowest BCUT2D eigenvalue weighted by Gasteiger charge is -2.07. The molecule has 0 aliphatic carbocycles. The Balaban J connectivity index is 2.39. The molecule has 0 bridgehead atoms. The summed E-state index contributed by atoms with van der Waals surface area (Å²) < 4.78 is 23.1. The Morgan fingerprint density at radius 2 is 2.11 bits per heavy atom. The zero-order valence-electron chi connectivity index (χ0n) is 10.5. The van der Waals surface area contributed by atoms with Gasteiger partial charge in [0.25, 0.3) is 0 Å². The molecule has 1 heterocycles. The number of hydrogen-bond donors (Lipinski definition) is 2. The first-order valence-electron chi connectivity index (χ1n) is 5.62. The summed E-state index contributed by atoms with van der Waals surface area (Å²) >= 11 is 0. The van der Waals surface area contributed by atoms with Crippen molar-refractivity contribution < 1.29 is 23.1 Å². The first-order chi connectivity index (χ1) is 8.79. The predicted octanol–water partition coefficient (Wildman–Crippen LogP) is -0.263. The molecular formula is C11H16N2O5S. The van der Waals surface area contributed by atoms with Crippen molar-refractivity contribution in [2.45, 2.75) is 13.0 Å². The lowest BCUT2D eigenvalue weighted by molar-refractivity contribution is -0.121. The second-order valence-electron chi connectivity index (χ2n) is 4.16. The lowest BCUT2D eigenvalue weighted by Crippen LogP contribution is -2.30. The lowest BCUT2D eigenvalue weighted by atomic mass is 10.4. The SMILES string of the molecule is CS(=O)(=O)CCCNC(=O)Cn1cccc1C(=O)O. The fourth-order valence-electron chi connectivity index (χ4n) is 1.52. The molecule has 0 atom stereocenters. The normalized spacial score (nSPS) is 11.2. The van der Waals surface area contributed by atoms with Gasteiger partial charge in [0.2, 0.25) is 5.91 Å². The van der Waals surface area contributed by atoms with E-state index in [-0.39, 0.29) is 30.4 Å². The zero-order chi connectivity index (χ0) is 14.5. The summed E-state index contributed by atoms with van der Waals surface area (Å²) in [6.45, 7) is 0.142. The summed E-state index contributed by atoms with van der Waals surface area (Å²) in [7, 11) is -3.02. The smallest absolute Gasteiger partial charge is 0.352 e. The number of carbonyl (C=O) groups excluding carboxylic acids is 1. The van der Waals surface area contributed by atoms with Gasteiger partial charge in [-0.3, -0.25) is 4.79 Å². The van der Waals surface area contributed by atoms with Crippen LogP contribution < -0.4 is 5.32 Å². The maximum atomic E-state index is 11.5. The highest BCUT2D eigenvalue weighted by Crippen LogP contribution is 2.01. The number of carboxylic acids is 1. The van der Waals surface area contributed by atoms with Gasteiger partial charge >= 0.3 is 5.97 Å². The van der Waals surface area contributed by atoms with Crippen LogP contribution in [0.1, 0.15) is 16.9 Å². The molecule has 19 heavy (non-hydrogen) atoms. The molecule has 0 aromatic carbocycles. The van der Waals surface area contributed by atoms with Gasteiger partial charge in [-0.05, 0) is 18.6 Å². The number of hydrogen-bond acceptors (Lipinski definition) is 4. The number of aromatic carboxylic acids is 1. The molecule has 0 saturated carbocycles. The van der Waals surface area contributed by atoms with E-state index >= 15 is 0 Å². The topological polar surface area (TPSA) is 105 Å². The number of nitrogens with zero attached hydrogens (tertiary/aromatic N) is 1. The number of amides is 1. The van der Waals surface area contributed by atoms with Crippen LogP contribution in [-0.4, -0.2) is 48.5 Å². The summed E-state index contributed by atoms with van der Waals surface area (Å²) in [5.41, 5.74) is 0.0336. The van der Waals surface area contributed by atoms with Gasteiger partial charge in [-0.1, -0.05) is 0 Å². The first kappa shape index (κ1) is 15.2. The van der Waals surface area contributed by atoms with Crippen LogP contribution in [0.5, 0.6) is 0 Å². The van der Waals surface area contributed by atoms with E-state index in [0.29, 0.717) is 6.42 Å². The minimum absolute atomic E-state index is 0.0111. The van der Waals surface area contributed by atoms with Gasteiger partial charge in [0.05, 0.1) is 5.75 Å². The van der Waals surface area contributed by atoms with Crippen molar-refractivity contribution in [1.29, 1.82) is 0 Å². The largest absolute Gasteiger partial charge is 0.477 e. The Morgan fingerprint density at radius 3 is 2.68 bits per heavy atom. The Bertz CT molecular complexity index is 561. The van der Waals surface area contributed by atoms with Crippen LogP contribution in [0.25, 0.3) is 0 Å². The van der Waals surface area contributed by atoms with Crippen LogP contribution in [0.4, 0.5) is 0 Å². The van der Waals surface area contributed by atoms with Crippen molar-refractivity contribution in [1.82, 2.24) is 9.88 Å². The van der Waals surface area contributed by atoms with Crippen LogP contribution >= 0.6 is 0 Å². The van der Waals surface area contributed by atoms with E-state index in [4.69, 9.17) is 5.11 Å². The highest BCUT2D eigenvalue weighted by molar-refractivity contribution is 7.90. The van der Waals surface area contributed by atoms with Crippen LogP contribution in [0, 0.1) is 0 Å². The number of sulfone groups is 1. The third kappa shape index (κ3) is 5.56. The quantitative estimate of drug-likeness (QED) is 0.672. The predicted molar refractivity (Wildman–Crippen MR) is 68.7 cm³/mol. The summed E-state index contributed by atoms with van der Waals surface area (Å²) in [5.74, 6) is -1.45. The van der Waals surface area contributed by atoms with Gasteiger partial charge < -0.3 is 15.0 Å². The van der Waals surface area contributed by atoms with Gasteiger partial charge in [-0.25, -0.2) is 13.2 Å². The molecule has 0 unspecified atom stereocenters. The van der Waals surface area contributed by atoms with Crippen molar-refractivity contribution in [2.24, 2.45) is 0 Å². The zero-order valence-corrected chi connectivity index (χ0v) is 11.3. The molecule has 0 aliphatic heterocycles. The standard InChI is InChI=1S/C11H16N2O5S/c1-19(17,18)7-3-5-12-10(14)8-13-6-2-4-9(13)11(15)16/h2,4,6H,3,5,7-8H2,1H3,(H,12,14)(H,15,16). The first-order valence-corrected chi connectivity index (χ1v) is 7.68. The second-order valence-corrected chi connectivity index (χ2v) is 6.42. The number of rotatable bonds is 7. The molecule has 1 rings (SSSR count). The molecule has 1 aromatic rings. The molecule has 106 valence electrons. The molecule has 1 aromatic heterocycles. The maximum Gasteiger partial charge on any atom is 0.352 e. The fraction of sp³-hybridized carbons (Fsp3) is 0.455. The minimum Gasteiger partial charge on any atom is -0.477 e. The summed E-state index contributed by atoms with van der Waals surface area (Å²) in [4.78, 5) is 22.4. The average molecular weight is 288 g/mol. The van der Waals surface area contributed by atoms with E-state index in [2.05, 4.69) is 5.32 Å². The van der Waals surface area contributed by atoms with E-state index < -0.39 is 15.8 Å². The molecule has 0 aliphatic rings. The molecule has 0 radical (unpaired) electrons. The van der Waals surface area contributed by atoms with E-state index in [1.165, 1.54) is 16.8 Å². The average Bonchev–Trinajstić information content (AvgIpc) is 2.71. The molecule has 2 N–H and O–H groups in total. The monoisotopic (exact) mass is 288 g/mol. The third-order valence-corrected chi connectivity index (χ3v) is 3.41. The van der Waals surface area contributed by atoms with Gasteiger partial charge in [0, 0.05) is 19.0 Å². The molecule has 0 fully saturated rings. The highest BCUT2D eigenvalue weighted by Gasteiger charge is 2.11. The van der Waals surface area contributed by atoms with Crippen molar-refractivity contribution in [3.8, 4) is 0 Å². The molecule has 1 amide bonds. The van der Waals surface area contributed by atoms with E-state index in [1.807, 2.05) is 0 Å². The number of carboxylic acid groups (broad SMARTS) is 1. The van der Waals surface area contributed by atoms with Crippen LogP contribution in [0.2, 0.25) is 0 Å². The van der Waals surface area contributed by atoms with Crippen LogP contribution in [0.3, 0.4) is 0 Å². The Labute approximate surface area is 111 Å². The van der Waals surface area contributed by atoms with Gasteiger partial charge in [0.1, 0.15) is 22.1 Å². The molecule has 0 saturated heterocycles. The van der Waals surface area contributed by atoms with E-state index in [1.54, 1.807) is 6.07 Å². The van der Waals surface area contributed by atoms with E-state index in [0.717, 1.165) is 6.26 Å². The summed E-state index contributed by atoms with van der Waals surface area (Å²) in [5, 5.41) is 11.4. The number of nitrogens with one attached hydrogen (secondary N) is 1.